The predicted octanol–water partition coefficient (Wildman–Crippen LogP) is 3.53. The highest BCUT2D eigenvalue weighted by Gasteiger charge is 2.28. The zero-order valence-corrected chi connectivity index (χ0v) is 14.9. The molecule has 2 aliphatic rings. The number of rotatable bonds is 3. The maximum absolute atomic E-state index is 12.8. The van der Waals surface area contributed by atoms with Crippen molar-refractivity contribution in [2.24, 2.45) is 0 Å². The van der Waals surface area contributed by atoms with Crippen LogP contribution in [0.1, 0.15) is 42.7 Å². The molecule has 2 heterocycles. The number of furan rings is 1. The highest BCUT2D eigenvalue weighted by molar-refractivity contribution is 5.97. The Morgan fingerprint density at radius 2 is 1.88 bits per heavy atom. The van der Waals surface area contributed by atoms with Crippen LogP contribution in [-0.2, 0) is 0 Å². The summed E-state index contributed by atoms with van der Waals surface area (Å²) in [5, 5.41) is 0.906. The number of piperazine rings is 1. The Bertz CT molecular complexity index is 740. The van der Waals surface area contributed by atoms with E-state index >= 15 is 0 Å². The molecule has 1 amide bonds. The average Bonchev–Trinajstić information content (AvgIpc) is 3.12. The lowest BCUT2D eigenvalue weighted by Gasteiger charge is -2.40. The first-order chi connectivity index (χ1) is 12.3. The summed E-state index contributed by atoms with van der Waals surface area (Å²) in [5.74, 6) is 1.06. The molecular weight excluding hydrogens is 316 g/mol. The van der Waals surface area contributed by atoms with Crippen molar-refractivity contribution in [3.63, 3.8) is 0 Å². The fraction of sp³-hybridized carbons (Fsp3) is 0.550. The van der Waals surface area contributed by atoms with Gasteiger partial charge in [-0.05, 0) is 25.0 Å². The number of hydrogen-bond donors (Lipinski definition) is 0. The summed E-state index contributed by atoms with van der Waals surface area (Å²) in [4.78, 5) is 17.3. The number of ether oxygens (including phenoxy) is 1. The van der Waals surface area contributed by atoms with Crippen molar-refractivity contribution in [2.75, 3.05) is 33.3 Å². The second kappa shape index (κ2) is 7.08. The Kier molecular flexibility index (Phi) is 4.66. The summed E-state index contributed by atoms with van der Waals surface area (Å²) in [6, 6.07) is 8.26. The Hall–Kier alpha value is -2.01. The molecule has 2 fully saturated rings. The van der Waals surface area contributed by atoms with Crippen LogP contribution in [0.25, 0.3) is 11.0 Å². The molecule has 1 aliphatic heterocycles. The quantitative estimate of drug-likeness (QED) is 0.856. The molecule has 2 aromatic rings. The minimum absolute atomic E-state index is 0.0125. The highest BCUT2D eigenvalue weighted by atomic mass is 16.5. The number of para-hydroxylation sites is 1. The summed E-state index contributed by atoms with van der Waals surface area (Å²) in [6.45, 7) is 3.51. The van der Waals surface area contributed by atoms with Crippen LogP contribution in [0.2, 0.25) is 0 Å². The van der Waals surface area contributed by atoms with Gasteiger partial charge in [-0.25, -0.2) is 0 Å². The van der Waals surface area contributed by atoms with E-state index in [-0.39, 0.29) is 5.91 Å². The first-order valence-electron chi connectivity index (χ1n) is 9.36. The van der Waals surface area contributed by atoms with E-state index in [0.717, 1.165) is 37.6 Å². The lowest BCUT2D eigenvalue weighted by atomic mass is 9.94. The molecule has 0 unspecified atom stereocenters. The maximum atomic E-state index is 12.8. The number of hydrogen-bond acceptors (Lipinski definition) is 4. The Morgan fingerprint density at radius 1 is 1.12 bits per heavy atom. The molecule has 5 nitrogen and oxygen atoms in total. The smallest absolute Gasteiger partial charge is 0.289 e. The van der Waals surface area contributed by atoms with Crippen LogP contribution < -0.4 is 4.74 Å². The van der Waals surface area contributed by atoms with Crippen LogP contribution in [0.15, 0.2) is 28.7 Å². The van der Waals surface area contributed by atoms with Gasteiger partial charge in [-0.2, -0.15) is 0 Å². The standard InChI is InChI=1S/C20H26N2O3/c1-24-17-9-5-6-15-14-18(25-19(15)17)20(23)22-12-10-21(11-13-22)16-7-3-2-4-8-16/h5-6,9,14,16H,2-4,7-8,10-13H2,1H3. The lowest BCUT2D eigenvalue weighted by Crippen LogP contribution is -2.52. The summed E-state index contributed by atoms with van der Waals surface area (Å²) in [7, 11) is 1.61. The van der Waals surface area contributed by atoms with Gasteiger partial charge >= 0.3 is 0 Å². The minimum atomic E-state index is -0.0125. The molecule has 4 rings (SSSR count). The van der Waals surface area contributed by atoms with Crippen LogP contribution in [0.3, 0.4) is 0 Å². The molecule has 1 aliphatic carbocycles. The number of fused-ring (bicyclic) bond motifs is 1. The number of carbonyl (C=O) groups is 1. The molecule has 1 saturated carbocycles. The molecule has 0 radical (unpaired) electrons. The average molecular weight is 342 g/mol. The number of benzene rings is 1. The monoisotopic (exact) mass is 342 g/mol. The van der Waals surface area contributed by atoms with Gasteiger partial charge in [0.2, 0.25) is 0 Å². The Balaban J connectivity index is 1.43. The van der Waals surface area contributed by atoms with Crippen molar-refractivity contribution < 1.29 is 13.9 Å². The van der Waals surface area contributed by atoms with Crippen LogP contribution in [0.5, 0.6) is 5.75 Å². The fourth-order valence-electron chi connectivity index (χ4n) is 4.19. The van der Waals surface area contributed by atoms with Crippen molar-refractivity contribution in [3.8, 4) is 5.75 Å². The normalized spacial score (nSPS) is 20.1. The summed E-state index contributed by atoms with van der Waals surface area (Å²) >= 11 is 0. The van der Waals surface area contributed by atoms with Gasteiger partial charge in [0.25, 0.3) is 5.91 Å². The van der Waals surface area contributed by atoms with Gasteiger partial charge in [-0.1, -0.05) is 31.4 Å². The molecule has 5 heteroatoms. The van der Waals surface area contributed by atoms with Gasteiger partial charge in [0.05, 0.1) is 7.11 Å². The van der Waals surface area contributed by atoms with Crippen LogP contribution >= 0.6 is 0 Å². The summed E-state index contributed by atoms with van der Waals surface area (Å²) in [5.41, 5.74) is 0.647. The number of amides is 1. The van der Waals surface area contributed by atoms with E-state index in [9.17, 15) is 4.79 Å². The van der Waals surface area contributed by atoms with Crippen molar-refractivity contribution in [3.05, 3.63) is 30.0 Å². The van der Waals surface area contributed by atoms with Crippen LogP contribution in [-0.4, -0.2) is 55.0 Å². The molecule has 134 valence electrons. The SMILES string of the molecule is COc1cccc2cc(C(=O)N3CCN(C4CCCCC4)CC3)oc12. The predicted molar refractivity (Wildman–Crippen MR) is 97.1 cm³/mol. The van der Waals surface area contributed by atoms with Crippen molar-refractivity contribution >= 4 is 16.9 Å². The first-order valence-corrected chi connectivity index (χ1v) is 9.36. The van der Waals surface area contributed by atoms with Crippen LogP contribution in [0.4, 0.5) is 0 Å². The zero-order valence-electron chi connectivity index (χ0n) is 14.9. The number of nitrogens with zero attached hydrogens (tertiary/aromatic N) is 2. The van der Waals surface area contributed by atoms with Crippen molar-refractivity contribution in [2.45, 2.75) is 38.1 Å². The minimum Gasteiger partial charge on any atom is -0.493 e. The molecule has 0 N–H and O–H groups in total. The van der Waals surface area contributed by atoms with Gasteiger partial charge in [0.15, 0.2) is 17.1 Å². The second-order valence-corrected chi connectivity index (χ2v) is 7.11. The molecule has 1 aromatic carbocycles. The van der Waals surface area contributed by atoms with E-state index in [2.05, 4.69) is 4.90 Å². The van der Waals surface area contributed by atoms with Gasteiger partial charge in [0, 0.05) is 37.6 Å². The molecule has 0 bridgehead atoms. The Labute approximate surface area is 148 Å². The third kappa shape index (κ3) is 3.25. The zero-order chi connectivity index (χ0) is 17.2. The van der Waals surface area contributed by atoms with Gasteiger partial charge in [-0.15, -0.1) is 0 Å². The fourth-order valence-corrected chi connectivity index (χ4v) is 4.19. The highest BCUT2D eigenvalue weighted by Crippen LogP contribution is 2.29. The van der Waals surface area contributed by atoms with E-state index in [0.29, 0.717) is 17.1 Å². The topological polar surface area (TPSA) is 45.9 Å². The molecule has 0 atom stereocenters. The van der Waals surface area contributed by atoms with Crippen molar-refractivity contribution in [1.29, 1.82) is 0 Å². The summed E-state index contributed by atoms with van der Waals surface area (Å²) in [6.07, 6.45) is 6.72. The second-order valence-electron chi connectivity index (χ2n) is 7.11. The van der Waals surface area contributed by atoms with Crippen LogP contribution in [0, 0.1) is 0 Å². The molecule has 1 aromatic heterocycles. The van der Waals surface area contributed by atoms with Crippen molar-refractivity contribution in [1.82, 2.24) is 9.80 Å². The van der Waals surface area contributed by atoms with Gasteiger partial charge < -0.3 is 14.1 Å². The third-order valence-corrected chi connectivity index (χ3v) is 5.63. The molecule has 25 heavy (non-hydrogen) atoms. The van der Waals surface area contributed by atoms with E-state index in [1.54, 1.807) is 7.11 Å². The molecule has 0 spiro atoms. The number of carbonyl (C=O) groups excluding carboxylic acids is 1. The van der Waals surface area contributed by atoms with E-state index in [1.807, 2.05) is 29.2 Å². The van der Waals surface area contributed by atoms with Gasteiger partial charge in [0.1, 0.15) is 0 Å². The lowest BCUT2D eigenvalue weighted by molar-refractivity contribution is 0.0499. The van der Waals surface area contributed by atoms with E-state index in [4.69, 9.17) is 9.15 Å². The first kappa shape index (κ1) is 16.5. The third-order valence-electron chi connectivity index (χ3n) is 5.63. The van der Waals surface area contributed by atoms with E-state index in [1.165, 1.54) is 32.1 Å². The maximum Gasteiger partial charge on any atom is 0.289 e. The molecular formula is C20H26N2O3. The largest absolute Gasteiger partial charge is 0.493 e. The summed E-state index contributed by atoms with van der Waals surface area (Å²) < 4.78 is 11.1. The Morgan fingerprint density at radius 3 is 2.60 bits per heavy atom. The van der Waals surface area contributed by atoms with E-state index < -0.39 is 0 Å². The van der Waals surface area contributed by atoms with Gasteiger partial charge in [-0.3, -0.25) is 9.69 Å². The number of methoxy groups -OCH3 is 1. The molecule has 1 saturated heterocycles.